The molecule has 0 radical (unpaired) electrons. The molecule has 0 aliphatic carbocycles. The van der Waals surface area contributed by atoms with Crippen molar-refractivity contribution < 1.29 is 14.3 Å². The van der Waals surface area contributed by atoms with Crippen LogP contribution in [0, 0.1) is 0 Å². The minimum Gasteiger partial charge on any atom is -0.462 e. The highest BCUT2D eigenvalue weighted by atomic mass is 16.5. The first-order chi connectivity index (χ1) is 35.0. The third-order valence-electron chi connectivity index (χ3n) is 15.8. The molecule has 71 heavy (non-hydrogen) atoms. The number of carbonyl (C=O) groups excluding carboxylic acids is 1. The summed E-state index contributed by atoms with van der Waals surface area (Å²) in [5.74, 6) is 0.0681. The van der Waals surface area contributed by atoms with Gasteiger partial charge in [-0.1, -0.05) is 266 Å². The Kier molecular flexibility index (Phi) is 59.7. The van der Waals surface area contributed by atoms with Crippen LogP contribution in [-0.2, 0) is 14.3 Å². The molecule has 426 valence electrons. The molecule has 0 aromatic carbocycles. The van der Waals surface area contributed by atoms with Crippen LogP contribution >= 0.6 is 0 Å². The summed E-state index contributed by atoms with van der Waals surface area (Å²) in [7, 11) is 0. The van der Waals surface area contributed by atoms with E-state index >= 15 is 0 Å². The summed E-state index contributed by atoms with van der Waals surface area (Å²) >= 11 is 0. The summed E-state index contributed by atoms with van der Waals surface area (Å²) in [6.07, 6.45) is 66.2. The predicted octanol–water partition coefficient (Wildman–Crippen LogP) is 21.5. The molecule has 0 amide bonds. The van der Waals surface area contributed by atoms with Gasteiger partial charge in [-0.05, 0) is 130 Å². The highest BCUT2D eigenvalue weighted by Gasteiger charge is 2.15. The first-order valence-electron chi connectivity index (χ1n) is 33.3. The van der Waals surface area contributed by atoms with Crippen molar-refractivity contribution in [3.05, 3.63) is 0 Å². The molecule has 0 aliphatic rings. The molecule has 5 nitrogen and oxygen atoms in total. The van der Waals surface area contributed by atoms with Crippen molar-refractivity contribution in [2.45, 2.75) is 375 Å². The molecule has 1 atom stereocenters. The number of nitrogens with zero attached hydrogens (tertiary/aromatic N) is 2. The number of ether oxygens (including phenoxy) is 2. The normalized spacial score (nSPS) is 12.4. The van der Waals surface area contributed by atoms with Crippen molar-refractivity contribution in [2.75, 3.05) is 45.9 Å². The molecule has 0 saturated heterocycles. The molecule has 0 heterocycles. The SMILES string of the molecule is CCCCCCCCCOC(C)CCCCCCCN(CCCCCCCC(=O)OC(CCCCCCCC)CCCCCCCC)CCCCCN(CCCCCCCCC)CCCCCCCCC. The fraction of sp³-hybridized carbons (Fsp3) is 0.985. The quantitative estimate of drug-likeness (QED) is 0.0449. The molecule has 0 spiro atoms. The fourth-order valence-corrected chi connectivity index (χ4v) is 10.8. The molecule has 1 unspecified atom stereocenters. The predicted molar refractivity (Wildman–Crippen MR) is 317 cm³/mol. The standard InChI is InChI=1S/C66H134N2O3/c1-7-12-17-22-27-36-46-57-67(58-47-37-28-23-18-13-8-2)61-50-41-51-62-68(59-48-38-30-32-42-53-64(6)70-63-52-40-29-24-19-14-9-3)60-49-39-31-35-45-56-66(69)71-65(54-43-33-25-20-15-10-4)55-44-34-26-21-16-11-5/h64-65H,7-63H2,1-6H3. The summed E-state index contributed by atoms with van der Waals surface area (Å²) < 4.78 is 12.3. The molecule has 0 aromatic heterocycles. The van der Waals surface area contributed by atoms with Gasteiger partial charge in [-0.15, -0.1) is 0 Å². The number of esters is 1. The summed E-state index contributed by atoms with van der Waals surface area (Å²) in [4.78, 5) is 18.7. The van der Waals surface area contributed by atoms with Gasteiger partial charge >= 0.3 is 5.97 Å². The van der Waals surface area contributed by atoms with Gasteiger partial charge in [0.15, 0.2) is 0 Å². The molecule has 0 saturated carbocycles. The van der Waals surface area contributed by atoms with Crippen LogP contribution in [-0.4, -0.2) is 73.9 Å². The van der Waals surface area contributed by atoms with E-state index in [9.17, 15) is 4.79 Å². The lowest BCUT2D eigenvalue weighted by molar-refractivity contribution is -0.150. The first-order valence-corrected chi connectivity index (χ1v) is 33.3. The first kappa shape index (κ1) is 70.3. The molecule has 0 aromatic rings. The van der Waals surface area contributed by atoms with E-state index in [2.05, 4.69) is 51.3 Å². The summed E-state index contributed by atoms with van der Waals surface area (Å²) in [6.45, 7) is 22.5. The second kappa shape index (κ2) is 60.2. The zero-order chi connectivity index (χ0) is 51.6. The maximum atomic E-state index is 13.0. The molecule has 0 bridgehead atoms. The van der Waals surface area contributed by atoms with E-state index < -0.39 is 0 Å². The minimum atomic E-state index is 0.0681. The Labute approximate surface area is 448 Å². The molecule has 0 N–H and O–H groups in total. The van der Waals surface area contributed by atoms with Gasteiger partial charge in [0, 0.05) is 13.0 Å². The van der Waals surface area contributed by atoms with Crippen molar-refractivity contribution in [3.8, 4) is 0 Å². The van der Waals surface area contributed by atoms with E-state index in [0.29, 0.717) is 12.5 Å². The van der Waals surface area contributed by atoms with Gasteiger partial charge in [0.25, 0.3) is 0 Å². The van der Waals surface area contributed by atoms with Gasteiger partial charge in [0.05, 0.1) is 6.10 Å². The highest BCUT2D eigenvalue weighted by Crippen LogP contribution is 2.20. The zero-order valence-electron chi connectivity index (χ0n) is 50.1. The Bertz CT molecular complexity index is 958. The molecule has 0 rings (SSSR count). The Morgan fingerprint density at radius 2 is 0.563 bits per heavy atom. The number of rotatable bonds is 62. The Morgan fingerprint density at radius 1 is 0.310 bits per heavy atom. The maximum absolute atomic E-state index is 13.0. The van der Waals surface area contributed by atoms with E-state index in [1.54, 1.807) is 0 Å². The lowest BCUT2D eigenvalue weighted by atomic mass is 10.0. The molecular formula is C66H134N2O3. The average Bonchev–Trinajstić information content (AvgIpc) is 3.37. The van der Waals surface area contributed by atoms with Crippen molar-refractivity contribution in [1.82, 2.24) is 9.80 Å². The monoisotopic (exact) mass is 1000 g/mol. The van der Waals surface area contributed by atoms with Crippen molar-refractivity contribution in [1.29, 1.82) is 0 Å². The van der Waals surface area contributed by atoms with Gasteiger partial charge in [-0.3, -0.25) is 4.79 Å². The van der Waals surface area contributed by atoms with Crippen LogP contribution in [0.15, 0.2) is 0 Å². The van der Waals surface area contributed by atoms with Crippen LogP contribution in [0.1, 0.15) is 363 Å². The van der Waals surface area contributed by atoms with Crippen LogP contribution in [0.5, 0.6) is 0 Å². The number of hydrogen-bond donors (Lipinski definition) is 0. The minimum absolute atomic E-state index is 0.0681. The van der Waals surface area contributed by atoms with Gasteiger partial charge < -0.3 is 19.3 Å². The van der Waals surface area contributed by atoms with Crippen molar-refractivity contribution in [3.63, 3.8) is 0 Å². The second-order valence-corrected chi connectivity index (χ2v) is 23.1. The third kappa shape index (κ3) is 55.4. The Hall–Kier alpha value is -0.650. The van der Waals surface area contributed by atoms with Crippen LogP contribution in [0.3, 0.4) is 0 Å². The molecule has 0 fully saturated rings. The zero-order valence-corrected chi connectivity index (χ0v) is 50.1. The highest BCUT2D eigenvalue weighted by molar-refractivity contribution is 5.69. The van der Waals surface area contributed by atoms with E-state index in [1.807, 2.05) is 0 Å². The number of carbonyl (C=O) groups is 1. The largest absolute Gasteiger partial charge is 0.462 e. The molecular weight excluding hydrogens is 869 g/mol. The van der Waals surface area contributed by atoms with Crippen molar-refractivity contribution >= 4 is 5.97 Å². The number of unbranched alkanes of at least 4 members (excludes halogenated alkanes) is 38. The van der Waals surface area contributed by atoms with E-state index in [-0.39, 0.29) is 12.1 Å². The maximum Gasteiger partial charge on any atom is 0.306 e. The van der Waals surface area contributed by atoms with Gasteiger partial charge in [0.2, 0.25) is 0 Å². The summed E-state index contributed by atoms with van der Waals surface area (Å²) in [6, 6.07) is 0. The second-order valence-electron chi connectivity index (χ2n) is 23.1. The fourth-order valence-electron chi connectivity index (χ4n) is 10.8. The summed E-state index contributed by atoms with van der Waals surface area (Å²) in [5, 5.41) is 0. The number of hydrogen-bond acceptors (Lipinski definition) is 5. The van der Waals surface area contributed by atoms with Gasteiger partial charge in [-0.2, -0.15) is 0 Å². The van der Waals surface area contributed by atoms with Crippen LogP contribution < -0.4 is 0 Å². The Balaban J connectivity index is 4.88. The van der Waals surface area contributed by atoms with Crippen LogP contribution in [0.4, 0.5) is 0 Å². The lowest BCUT2D eigenvalue weighted by Crippen LogP contribution is -2.29. The Morgan fingerprint density at radius 3 is 0.901 bits per heavy atom. The average molecular weight is 1000 g/mol. The smallest absolute Gasteiger partial charge is 0.306 e. The van der Waals surface area contributed by atoms with Crippen LogP contribution in [0.25, 0.3) is 0 Å². The third-order valence-corrected chi connectivity index (χ3v) is 15.8. The van der Waals surface area contributed by atoms with Crippen molar-refractivity contribution in [2.24, 2.45) is 0 Å². The molecule has 5 heteroatoms. The molecule has 0 aliphatic heterocycles. The van der Waals surface area contributed by atoms with E-state index in [4.69, 9.17) is 9.47 Å². The summed E-state index contributed by atoms with van der Waals surface area (Å²) in [5.41, 5.74) is 0. The lowest BCUT2D eigenvalue weighted by Gasteiger charge is -2.24. The topological polar surface area (TPSA) is 42.0 Å². The van der Waals surface area contributed by atoms with Gasteiger partial charge in [0.1, 0.15) is 6.10 Å². The van der Waals surface area contributed by atoms with E-state index in [0.717, 1.165) is 32.3 Å². The van der Waals surface area contributed by atoms with Crippen LogP contribution in [0.2, 0.25) is 0 Å². The van der Waals surface area contributed by atoms with Gasteiger partial charge in [-0.25, -0.2) is 0 Å². The van der Waals surface area contributed by atoms with E-state index in [1.165, 1.54) is 328 Å².